The van der Waals surface area contributed by atoms with E-state index in [0.717, 1.165) is 10.9 Å². The normalized spacial score (nSPS) is 12.8. The zero-order chi connectivity index (χ0) is 11.3. The SMILES string of the molecule is CC[C@@H](CO)NCc1cc(Br)ccc1F. The average molecular weight is 276 g/mol. The summed E-state index contributed by atoms with van der Waals surface area (Å²) in [5, 5.41) is 12.1. The molecule has 0 aliphatic heterocycles. The van der Waals surface area contributed by atoms with E-state index in [2.05, 4.69) is 21.2 Å². The van der Waals surface area contributed by atoms with Crippen LogP contribution in [0.1, 0.15) is 18.9 Å². The van der Waals surface area contributed by atoms with Crippen molar-refractivity contribution >= 4 is 15.9 Å². The summed E-state index contributed by atoms with van der Waals surface area (Å²) in [6.45, 7) is 2.49. The zero-order valence-electron chi connectivity index (χ0n) is 8.63. The van der Waals surface area contributed by atoms with Crippen molar-refractivity contribution in [3.63, 3.8) is 0 Å². The van der Waals surface area contributed by atoms with Crippen LogP contribution in [0.3, 0.4) is 0 Å². The van der Waals surface area contributed by atoms with Gasteiger partial charge in [-0.15, -0.1) is 0 Å². The number of halogens is 2. The smallest absolute Gasteiger partial charge is 0.127 e. The Hall–Kier alpha value is -0.450. The van der Waals surface area contributed by atoms with E-state index in [1.54, 1.807) is 12.1 Å². The Labute approximate surface area is 97.6 Å². The van der Waals surface area contributed by atoms with Crippen LogP contribution in [0.2, 0.25) is 0 Å². The summed E-state index contributed by atoms with van der Waals surface area (Å²) in [5.41, 5.74) is 0.608. The summed E-state index contributed by atoms with van der Waals surface area (Å²) in [4.78, 5) is 0. The Balaban J connectivity index is 2.60. The number of aliphatic hydroxyl groups excluding tert-OH is 1. The lowest BCUT2D eigenvalue weighted by molar-refractivity contribution is 0.238. The molecule has 0 spiro atoms. The molecule has 0 aliphatic rings. The third kappa shape index (κ3) is 3.89. The lowest BCUT2D eigenvalue weighted by Crippen LogP contribution is -2.31. The molecule has 15 heavy (non-hydrogen) atoms. The Morgan fingerprint density at radius 3 is 2.87 bits per heavy atom. The first-order valence-corrected chi connectivity index (χ1v) is 5.74. The first-order valence-electron chi connectivity index (χ1n) is 4.95. The molecule has 0 heterocycles. The quantitative estimate of drug-likeness (QED) is 0.865. The van der Waals surface area contributed by atoms with Gasteiger partial charge in [0.25, 0.3) is 0 Å². The molecule has 0 amide bonds. The van der Waals surface area contributed by atoms with Crippen molar-refractivity contribution in [1.82, 2.24) is 5.32 Å². The van der Waals surface area contributed by atoms with Gasteiger partial charge in [-0.1, -0.05) is 22.9 Å². The molecule has 0 aliphatic carbocycles. The van der Waals surface area contributed by atoms with Gasteiger partial charge in [0.1, 0.15) is 5.82 Å². The predicted molar refractivity (Wildman–Crippen MR) is 62.1 cm³/mol. The molecule has 1 aromatic carbocycles. The van der Waals surface area contributed by atoms with Gasteiger partial charge in [0.2, 0.25) is 0 Å². The summed E-state index contributed by atoms with van der Waals surface area (Å²) in [6.07, 6.45) is 0.826. The van der Waals surface area contributed by atoms with E-state index in [1.165, 1.54) is 6.07 Å². The molecule has 0 aromatic heterocycles. The van der Waals surface area contributed by atoms with Gasteiger partial charge in [-0.3, -0.25) is 0 Å². The molecule has 0 bridgehead atoms. The second-order valence-corrected chi connectivity index (χ2v) is 4.32. The number of hydrogen-bond acceptors (Lipinski definition) is 2. The Morgan fingerprint density at radius 1 is 1.53 bits per heavy atom. The largest absolute Gasteiger partial charge is 0.395 e. The highest BCUT2D eigenvalue weighted by Gasteiger charge is 2.06. The average Bonchev–Trinajstić information content (AvgIpc) is 2.24. The summed E-state index contributed by atoms with van der Waals surface area (Å²) < 4.78 is 14.2. The van der Waals surface area contributed by atoms with E-state index in [9.17, 15) is 4.39 Å². The van der Waals surface area contributed by atoms with Crippen LogP contribution in [0, 0.1) is 5.82 Å². The molecule has 1 rings (SSSR count). The number of nitrogens with one attached hydrogen (secondary N) is 1. The Kier molecular flexibility index (Phi) is 5.22. The lowest BCUT2D eigenvalue weighted by Gasteiger charge is -2.14. The second-order valence-electron chi connectivity index (χ2n) is 3.40. The fourth-order valence-corrected chi connectivity index (χ4v) is 1.68. The van der Waals surface area contributed by atoms with Crippen molar-refractivity contribution in [2.24, 2.45) is 0 Å². The van der Waals surface area contributed by atoms with Crippen LogP contribution < -0.4 is 5.32 Å². The van der Waals surface area contributed by atoms with Crippen LogP contribution in [0.15, 0.2) is 22.7 Å². The minimum absolute atomic E-state index is 0.0309. The Morgan fingerprint density at radius 2 is 2.27 bits per heavy atom. The summed E-state index contributed by atoms with van der Waals surface area (Å²) in [6, 6.07) is 4.87. The highest BCUT2D eigenvalue weighted by atomic mass is 79.9. The third-order valence-electron chi connectivity index (χ3n) is 2.30. The van der Waals surface area contributed by atoms with Crippen molar-refractivity contribution in [3.8, 4) is 0 Å². The van der Waals surface area contributed by atoms with Gasteiger partial charge < -0.3 is 10.4 Å². The fraction of sp³-hybridized carbons (Fsp3) is 0.455. The van der Waals surface area contributed by atoms with Crippen molar-refractivity contribution in [2.45, 2.75) is 25.9 Å². The highest BCUT2D eigenvalue weighted by molar-refractivity contribution is 9.10. The Bertz CT molecular complexity index is 315. The van der Waals surface area contributed by atoms with Gasteiger partial charge in [-0.2, -0.15) is 0 Å². The maximum atomic E-state index is 13.3. The predicted octanol–water partition coefficient (Wildman–Crippen LogP) is 2.45. The van der Waals surface area contributed by atoms with Gasteiger partial charge in [0, 0.05) is 22.6 Å². The molecule has 84 valence electrons. The molecule has 0 radical (unpaired) electrons. The van der Waals surface area contributed by atoms with E-state index in [1.807, 2.05) is 6.92 Å². The molecule has 2 nitrogen and oxygen atoms in total. The van der Waals surface area contributed by atoms with Crippen molar-refractivity contribution in [3.05, 3.63) is 34.1 Å². The first kappa shape index (κ1) is 12.6. The minimum atomic E-state index is -0.224. The van der Waals surface area contributed by atoms with Crippen LogP contribution in [-0.4, -0.2) is 17.8 Å². The van der Waals surface area contributed by atoms with E-state index in [-0.39, 0.29) is 18.5 Å². The molecular formula is C11H15BrFNO. The first-order chi connectivity index (χ1) is 7.17. The number of hydrogen-bond donors (Lipinski definition) is 2. The molecule has 2 N–H and O–H groups in total. The van der Waals surface area contributed by atoms with Crippen LogP contribution in [0.5, 0.6) is 0 Å². The molecule has 1 aromatic rings. The molecule has 0 unspecified atom stereocenters. The third-order valence-corrected chi connectivity index (χ3v) is 2.80. The number of aliphatic hydroxyl groups is 1. The van der Waals surface area contributed by atoms with Gasteiger partial charge in [-0.05, 0) is 24.6 Å². The van der Waals surface area contributed by atoms with Gasteiger partial charge in [-0.25, -0.2) is 4.39 Å². The molecular weight excluding hydrogens is 261 g/mol. The zero-order valence-corrected chi connectivity index (χ0v) is 10.2. The molecule has 0 fully saturated rings. The van der Waals surface area contributed by atoms with Crippen LogP contribution in [-0.2, 0) is 6.54 Å². The van der Waals surface area contributed by atoms with Crippen molar-refractivity contribution < 1.29 is 9.50 Å². The summed E-state index contributed by atoms with van der Waals surface area (Å²) in [7, 11) is 0. The molecule has 0 saturated carbocycles. The minimum Gasteiger partial charge on any atom is -0.395 e. The van der Waals surface area contributed by atoms with E-state index < -0.39 is 0 Å². The number of benzene rings is 1. The van der Waals surface area contributed by atoms with E-state index >= 15 is 0 Å². The van der Waals surface area contributed by atoms with Crippen LogP contribution in [0.4, 0.5) is 4.39 Å². The van der Waals surface area contributed by atoms with Crippen molar-refractivity contribution in [2.75, 3.05) is 6.61 Å². The van der Waals surface area contributed by atoms with Crippen LogP contribution >= 0.6 is 15.9 Å². The topological polar surface area (TPSA) is 32.3 Å². The van der Waals surface area contributed by atoms with Crippen molar-refractivity contribution in [1.29, 1.82) is 0 Å². The lowest BCUT2D eigenvalue weighted by atomic mass is 10.2. The van der Waals surface area contributed by atoms with E-state index in [0.29, 0.717) is 12.1 Å². The van der Waals surface area contributed by atoms with Gasteiger partial charge in [0.15, 0.2) is 0 Å². The molecule has 4 heteroatoms. The fourth-order valence-electron chi connectivity index (χ4n) is 1.27. The maximum absolute atomic E-state index is 13.3. The van der Waals surface area contributed by atoms with E-state index in [4.69, 9.17) is 5.11 Å². The number of rotatable bonds is 5. The molecule has 0 saturated heterocycles. The summed E-state index contributed by atoms with van der Waals surface area (Å²) in [5.74, 6) is -0.224. The molecule has 1 atom stereocenters. The van der Waals surface area contributed by atoms with Crippen LogP contribution in [0.25, 0.3) is 0 Å². The van der Waals surface area contributed by atoms with Gasteiger partial charge >= 0.3 is 0 Å². The monoisotopic (exact) mass is 275 g/mol. The van der Waals surface area contributed by atoms with Gasteiger partial charge in [0.05, 0.1) is 6.61 Å². The standard InChI is InChI=1S/C11H15BrFNO/c1-2-10(7-15)14-6-8-5-9(12)3-4-11(8)13/h3-5,10,14-15H,2,6-7H2,1H3/t10-/m0/s1. The summed E-state index contributed by atoms with van der Waals surface area (Å²) >= 11 is 3.29. The second kappa shape index (κ2) is 6.20. The highest BCUT2D eigenvalue weighted by Crippen LogP contribution is 2.15. The maximum Gasteiger partial charge on any atom is 0.127 e.